The average molecular weight is 320 g/mol. The number of amides is 1. The predicted molar refractivity (Wildman–Crippen MR) is 74.9 cm³/mol. The number of hydrogen-bond acceptors (Lipinski definition) is 6. The van der Waals surface area contributed by atoms with Gasteiger partial charge in [0.15, 0.2) is 0 Å². The lowest BCUT2D eigenvalue weighted by Crippen LogP contribution is -2.49. The molecule has 21 heavy (non-hydrogen) atoms. The minimum atomic E-state index is -2.49. The first-order valence-electron chi connectivity index (χ1n) is 6.75. The molecule has 0 aromatic carbocycles. The molecule has 0 radical (unpaired) electrons. The van der Waals surface area contributed by atoms with Crippen molar-refractivity contribution >= 4 is 22.4 Å². The zero-order valence-corrected chi connectivity index (χ0v) is 12.6. The first kappa shape index (κ1) is 16.0. The van der Waals surface area contributed by atoms with Gasteiger partial charge in [-0.1, -0.05) is 11.3 Å². The molecule has 1 aromatic heterocycles. The number of alkyl halides is 2. The van der Waals surface area contributed by atoms with Gasteiger partial charge in [-0.25, -0.2) is 8.78 Å². The molecule has 1 saturated heterocycles. The highest BCUT2D eigenvalue weighted by Gasteiger charge is 2.22. The Morgan fingerprint density at radius 1 is 1.33 bits per heavy atom. The average Bonchev–Trinajstić information content (AvgIpc) is 2.90. The van der Waals surface area contributed by atoms with Crippen LogP contribution in [0.1, 0.15) is 11.4 Å². The molecule has 118 valence electrons. The summed E-state index contributed by atoms with van der Waals surface area (Å²) in [4.78, 5) is 15.7. The Kier molecular flexibility index (Phi) is 5.80. The number of piperazine rings is 1. The molecule has 0 bridgehead atoms. The predicted octanol–water partition coefficient (Wildman–Crippen LogP) is 1.17. The summed E-state index contributed by atoms with van der Waals surface area (Å²) in [6.07, 6.45) is -2.34. The first-order valence-corrected chi connectivity index (χ1v) is 7.56. The highest BCUT2D eigenvalue weighted by molar-refractivity contribution is 7.15. The van der Waals surface area contributed by atoms with Crippen LogP contribution in [0.3, 0.4) is 0 Å². The Balaban J connectivity index is 1.69. The van der Waals surface area contributed by atoms with Crippen molar-refractivity contribution in [1.82, 2.24) is 15.1 Å². The molecule has 2 rings (SSSR count). The molecule has 2 heterocycles. The molecule has 0 N–H and O–H groups in total. The van der Waals surface area contributed by atoms with E-state index in [1.54, 1.807) is 4.90 Å². The van der Waals surface area contributed by atoms with Crippen molar-refractivity contribution in [3.05, 3.63) is 5.01 Å². The number of hydrogen-bond donors (Lipinski definition) is 0. The summed E-state index contributed by atoms with van der Waals surface area (Å²) >= 11 is 1.53. The molecule has 1 aliphatic heterocycles. The third-order valence-corrected chi connectivity index (χ3v) is 4.02. The highest BCUT2D eigenvalue weighted by Crippen LogP contribution is 2.20. The molecular weight excluding hydrogens is 302 g/mol. The number of halogens is 2. The topological polar surface area (TPSA) is 58.6 Å². The van der Waals surface area contributed by atoms with Crippen molar-refractivity contribution in [2.75, 3.05) is 44.3 Å². The molecule has 1 aromatic rings. The minimum Gasteiger partial charge on any atom is -0.375 e. The lowest BCUT2D eigenvalue weighted by molar-refractivity contribution is -0.133. The van der Waals surface area contributed by atoms with Crippen molar-refractivity contribution in [2.45, 2.75) is 19.8 Å². The van der Waals surface area contributed by atoms with Gasteiger partial charge < -0.3 is 14.5 Å². The number of nitrogens with zero attached hydrogens (tertiary/aromatic N) is 4. The van der Waals surface area contributed by atoms with Gasteiger partial charge in [0.1, 0.15) is 11.6 Å². The van der Waals surface area contributed by atoms with Crippen LogP contribution in [0.4, 0.5) is 13.9 Å². The molecule has 0 aliphatic carbocycles. The van der Waals surface area contributed by atoms with Crippen molar-refractivity contribution in [3.63, 3.8) is 0 Å². The van der Waals surface area contributed by atoms with E-state index < -0.39 is 13.0 Å². The maximum Gasteiger partial charge on any atom is 0.261 e. The van der Waals surface area contributed by atoms with E-state index in [2.05, 4.69) is 15.1 Å². The monoisotopic (exact) mass is 320 g/mol. The van der Waals surface area contributed by atoms with E-state index in [9.17, 15) is 13.6 Å². The molecule has 0 atom stereocenters. The van der Waals surface area contributed by atoms with Gasteiger partial charge in [-0.05, 0) is 6.92 Å². The van der Waals surface area contributed by atoms with Crippen molar-refractivity contribution in [3.8, 4) is 0 Å². The quantitative estimate of drug-likeness (QED) is 0.736. The molecule has 0 unspecified atom stereocenters. The van der Waals surface area contributed by atoms with Gasteiger partial charge in [-0.2, -0.15) is 0 Å². The molecule has 6 nitrogen and oxygen atoms in total. The van der Waals surface area contributed by atoms with E-state index in [4.69, 9.17) is 4.74 Å². The second-order valence-corrected chi connectivity index (χ2v) is 5.85. The Labute approximate surface area is 125 Å². The van der Waals surface area contributed by atoms with Crippen LogP contribution in [0.5, 0.6) is 0 Å². The minimum absolute atomic E-state index is 0.0407. The van der Waals surface area contributed by atoms with Crippen LogP contribution >= 0.6 is 11.3 Å². The zero-order valence-electron chi connectivity index (χ0n) is 11.8. The number of rotatable bonds is 6. The molecule has 1 fully saturated rings. The first-order chi connectivity index (χ1) is 10.1. The highest BCUT2D eigenvalue weighted by atomic mass is 32.1. The van der Waals surface area contributed by atoms with Crippen LogP contribution in [0.15, 0.2) is 0 Å². The smallest absolute Gasteiger partial charge is 0.261 e. The van der Waals surface area contributed by atoms with Crippen molar-refractivity contribution < 1.29 is 18.3 Å². The van der Waals surface area contributed by atoms with E-state index >= 15 is 0 Å². The van der Waals surface area contributed by atoms with Crippen molar-refractivity contribution in [1.29, 1.82) is 0 Å². The molecule has 0 spiro atoms. The Morgan fingerprint density at radius 3 is 2.62 bits per heavy atom. The largest absolute Gasteiger partial charge is 0.375 e. The van der Waals surface area contributed by atoms with Gasteiger partial charge in [0, 0.05) is 26.2 Å². The summed E-state index contributed by atoms with van der Waals surface area (Å²) in [5, 5.41) is 9.86. The number of aryl methyl sites for hydroxylation is 1. The maximum atomic E-state index is 11.9. The summed E-state index contributed by atoms with van der Waals surface area (Å²) in [6.45, 7) is 3.95. The Hall–Kier alpha value is -1.35. The third-order valence-electron chi connectivity index (χ3n) is 3.12. The number of carbonyl (C=O) groups is 1. The van der Waals surface area contributed by atoms with Crippen LogP contribution in [0.25, 0.3) is 0 Å². The molecule has 0 saturated carbocycles. The lowest BCUT2D eigenvalue weighted by Gasteiger charge is -2.34. The SMILES string of the molecule is Cc1nnc(N2CCN(C(=O)CCOCC(F)F)CC2)s1. The summed E-state index contributed by atoms with van der Waals surface area (Å²) in [7, 11) is 0. The Bertz CT molecular complexity index is 464. The fourth-order valence-electron chi connectivity index (χ4n) is 2.05. The van der Waals surface area contributed by atoms with Gasteiger partial charge in [-0.15, -0.1) is 10.2 Å². The maximum absolute atomic E-state index is 11.9. The van der Waals surface area contributed by atoms with Gasteiger partial charge in [0.2, 0.25) is 11.0 Å². The van der Waals surface area contributed by atoms with Crippen molar-refractivity contribution in [2.24, 2.45) is 0 Å². The van der Waals surface area contributed by atoms with Gasteiger partial charge in [0.25, 0.3) is 6.43 Å². The summed E-state index contributed by atoms with van der Waals surface area (Å²) in [5.41, 5.74) is 0. The van der Waals surface area contributed by atoms with Crippen LogP contribution < -0.4 is 4.90 Å². The van der Waals surface area contributed by atoms with E-state index in [1.165, 1.54) is 11.3 Å². The molecular formula is C12H18F2N4O2S. The van der Waals surface area contributed by atoms with Crippen LogP contribution in [0.2, 0.25) is 0 Å². The van der Waals surface area contributed by atoms with Crippen LogP contribution in [-0.4, -0.2) is 66.8 Å². The number of carbonyl (C=O) groups excluding carboxylic acids is 1. The van der Waals surface area contributed by atoms with E-state index in [1.807, 2.05) is 6.92 Å². The number of anilines is 1. The van der Waals surface area contributed by atoms with E-state index in [0.717, 1.165) is 10.1 Å². The van der Waals surface area contributed by atoms with Gasteiger partial charge in [0.05, 0.1) is 13.0 Å². The molecule has 9 heteroatoms. The Morgan fingerprint density at radius 2 is 2.05 bits per heavy atom. The summed E-state index contributed by atoms with van der Waals surface area (Å²) in [6, 6.07) is 0. The fraction of sp³-hybridized carbons (Fsp3) is 0.750. The second-order valence-electron chi connectivity index (χ2n) is 4.69. The van der Waals surface area contributed by atoms with Gasteiger partial charge >= 0.3 is 0 Å². The molecule has 1 amide bonds. The third kappa shape index (κ3) is 4.85. The lowest BCUT2D eigenvalue weighted by atomic mass is 10.3. The zero-order chi connectivity index (χ0) is 15.2. The number of ether oxygens (including phenoxy) is 1. The van der Waals surface area contributed by atoms with Gasteiger partial charge in [-0.3, -0.25) is 4.79 Å². The second kappa shape index (κ2) is 7.60. The normalized spacial score (nSPS) is 15.8. The summed E-state index contributed by atoms with van der Waals surface area (Å²) in [5.74, 6) is -0.0580. The summed E-state index contributed by atoms with van der Waals surface area (Å²) < 4.78 is 28.5. The van der Waals surface area contributed by atoms with Crippen LogP contribution in [0, 0.1) is 6.92 Å². The van der Waals surface area contributed by atoms with E-state index in [0.29, 0.717) is 26.2 Å². The number of aromatic nitrogens is 2. The molecule has 1 aliphatic rings. The standard InChI is InChI=1S/C12H18F2N4O2S/c1-9-15-16-12(21-9)18-5-3-17(4-6-18)11(19)2-7-20-8-10(13)14/h10H,2-8H2,1H3. The van der Waals surface area contributed by atoms with Crippen LogP contribution in [-0.2, 0) is 9.53 Å². The fourth-order valence-corrected chi connectivity index (χ4v) is 2.79. The van der Waals surface area contributed by atoms with E-state index in [-0.39, 0.29) is 18.9 Å².